The van der Waals surface area contributed by atoms with E-state index in [1.807, 2.05) is 12.4 Å². The van der Waals surface area contributed by atoms with E-state index in [4.69, 9.17) is 4.74 Å². The molecule has 1 N–H and O–H groups in total. The molecule has 0 bridgehead atoms. The number of methoxy groups -OCH3 is 1. The van der Waals surface area contributed by atoms with E-state index < -0.39 is 0 Å². The lowest BCUT2D eigenvalue weighted by Gasteiger charge is -2.16. The van der Waals surface area contributed by atoms with Crippen molar-refractivity contribution in [2.75, 3.05) is 46.9 Å². The van der Waals surface area contributed by atoms with Crippen LogP contribution in [-0.4, -0.2) is 56.8 Å². The molecule has 0 radical (unpaired) electrons. The molecule has 0 atom stereocenters. The Hall–Kier alpha value is -0.970. The molecule has 0 amide bonds. The summed E-state index contributed by atoms with van der Waals surface area (Å²) in [7, 11) is 3.91. The molecule has 1 aromatic heterocycles. The summed E-state index contributed by atoms with van der Waals surface area (Å²) in [5, 5.41) is 3.42. The van der Waals surface area contributed by atoms with E-state index in [2.05, 4.69) is 34.4 Å². The molecule has 102 valence electrons. The Morgan fingerprint density at radius 2 is 2.00 bits per heavy atom. The van der Waals surface area contributed by atoms with Crippen LogP contribution in [0.3, 0.4) is 0 Å². The third-order valence-electron chi connectivity index (χ3n) is 2.90. The maximum absolute atomic E-state index is 5.00. The summed E-state index contributed by atoms with van der Waals surface area (Å²) in [6.45, 7) is 5.08. The number of hydrogen-bond acceptors (Lipinski definition) is 4. The van der Waals surface area contributed by atoms with Gasteiger partial charge in [-0.15, -0.1) is 0 Å². The minimum atomic E-state index is 0.838. The molecule has 0 unspecified atom stereocenters. The molecular formula is C14H25N3O. The standard InChI is InChI=1S/C14H25N3O/c1-17(12-10-15-7-3-13-18-2)11-6-14-4-8-16-9-5-14/h4-5,8-9,15H,3,6-7,10-13H2,1-2H3. The number of hydrogen-bond donors (Lipinski definition) is 1. The maximum Gasteiger partial charge on any atom is 0.0474 e. The van der Waals surface area contributed by atoms with Gasteiger partial charge in [0.25, 0.3) is 0 Å². The van der Waals surface area contributed by atoms with E-state index in [1.54, 1.807) is 7.11 Å². The fraction of sp³-hybridized carbons (Fsp3) is 0.643. The van der Waals surface area contributed by atoms with Crippen LogP contribution >= 0.6 is 0 Å². The zero-order chi connectivity index (χ0) is 13.1. The number of nitrogens with zero attached hydrogens (tertiary/aromatic N) is 2. The normalized spacial score (nSPS) is 11.1. The highest BCUT2D eigenvalue weighted by atomic mass is 16.5. The third-order valence-corrected chi connectivity index (χ3v) is 2.90. The van der Waals surface area contributed by atoms with Gasteiger partial charge >= 0.3 is 0 Å². The number of aromatic nitrogens is 1. The van der Waals surface area contributed by atoms with Crippen molar-refractivity contribution in [1.82, 2.24) is 15.2 Å². The Morgan fingerprint density at radius 1 is 1.22 bits per heavy atom. The van der Waals surface area contributed by atoms with Gasteiger partial charge in [-0.3, -0.25) is 4.98 Å². The third kappa shape index (κ3) is 7.37. The predicted molar refractivity (Wildman–Crippen MR) is 74.8 cm³/mol. The van der Waals surface area contributed by atoms with Crippen LogP contribution in [0.25, 0.3) is 0 Å². The predicted octanol–water partition coefficient (Wildman–Crippen LogP) is 1.18. The second-order valence-corrected chi connectivity index (χ2v) is 4.51. The van der Waals surface area contributed by atoms with Gasteiger partial charge in [0.15, 0.2) is 0 Å². The monoisotopic (exact) mass is 251 g/mol. The van der Waals surface area contributed by atoms with Crippen LogP contribution in [0, 0.1) is 0 Å². The van der Waals surface area contributed by atoms with Gasteiger partial charge in [0, 0.05) is 45.7 Å². The fourth-order valence-corrected chi connectivity index (χ4v) is 1.72. The van der Waals surface area contributed by atoms with Gasteiger partial charge in [-0.05, 0) is 44.1 Å². The van der Waals surface area contributed by atoms with Crippen LogP contribution in [0.4, 0.5) is 0 Å². The Labute approximate surface area is 110 Å². The summed E-state index contributed by atoms with van der Waals surface area (Å²) >= 11 is 0. The van der Waals surface area contributed by atoms with Crippen molar-refractivity contribution in [2.24, 2.45) is 0 Å². The number of nitrogens with one attached hydrogen (secondary N) is 1. The van der Waals surface area contributed by atoms with Crippen molar-refractivity contribution < 1.29 is 4.74 Å². The molecule has 18 heavy (non-hydrogen) atoms. The molecule has 0 spiro atoms. The minimum Gasteiger partial charge on any atom is -0.385 e. The van der Waals surface area contributed by atoms with E-state index >= 15 is 0 Å². The highest BCUT2D eigenvalue weighted by Gasteiger charge is 1.98. The topological polar surface area (TPSA) is 37.4 Å². The second-order valence-electron chi connectivity index (χ2n) is 4.51. The van der Waals surface area contributed by atoms with Gasteiger partial charge in [-0.1, -0.05) is 0 Å². The molecule has 1 rings (SSSR count). The van der Waals surface area contributed by atoms with E-state index in [-0.39, 0.29) is 0 Å². The largest absolute Gasteiger partial charge is 0.385 e. The number of likely N-dealkylation sites (N-methyl/N-ethyl adjacent to an activating group) is 1. The molecule has 0 aromatic carbocycles. The lowest BCUT2D eigenvalue weighted by molar-refractivity contribution is 0.194. The molecular weight excluding hydrogens is 226 g/mol. The number of pyridine rings is 1. The van der Waals surface area contributed by atoms with Crippen LogP contribution < -0.4 is 5.32 Å². The lowest BCUT2D eigenvalue weighted by Crippen LogP contribution is -2.31. The highest BCUT2D eigenvalue weighted by molar-refractivity contribution is 5.09. The van der Waals surface area contributed by atoms with Gasteiger partial charge < -0.3 is 15.0 Å². The van der Waals surface area contributed by atoms with E-state index in [1.165, 1.54) is 5.56 Å². The molecule has 0 aliphatic carbocycles. The molecule has 0 aliphatic rings. The first kappa shape index (κ1) is 15.1. The first-order valence-electron chi connectivity index (χ1n) is 6.60. The lowest BCUT2D eigenvalue weighted by atomic mass is 10.2. The van der Waals surface area contributed by atoms with E-state index in [0.717, 1.165) is 45.6 Å². The van der Waals surface area contributed by atoms with Gasteiger partial charge in [-0.2, -0.15) is 0 Å². The summed E-state index contributed by atoms with van der Waals surface area (Å²) in [6.07, 6.45) is 5.87. The van der Waals surface area contributed by atoms with Gasteiger partial charge in [-0.25, -0.2) is 0 Å². The molecule has 4 heteroatoms. The summed E-state index contributed by atoms with van der Waals surface area (Å²) < 4.78 is 5.00. The van der Waals surface area contributed by atoms with Gasteiger partial charge in [0.05, 0.1) is 0 Å². The fourth-order valence-electron chi connectivity index (χ4n) is 1.72. The summed E-state index contributed by atoms with van der Waals surface area (Å²) in [4.78, 5) is 6.37. The smallest absolute Gasteiger partial charge is 0.0474 e. The average molecular weight is 251 g/mol. The van der Waals surface area contributed by atoms with Crippen LogP contribution in [0.5, 0.6) is 0 Å². The highest BCUT2D eigenvalue weighted by Crippen LogP contribution is 1.98. The molecule has 1 heterocycles. The zero-order valence-electron chi connectivity index (χ0n) is 11.6. The minimum absolute atomic E-state index is 0.838. The molecule has 0 saturated heterocycles. The van der Waals surface area contributed by atoms with Crippen LogP contribution in [-0.2, 0) is 11.2 Å². The Bertz CT molecular complexity index is 292. The summed E-state index contributed by atoms with van der Waals surface area (Å²) in [5.41, 5.74) is 1.35. The van der Waals surface area contributed by atoms with Crippen LogP contribution in [0.15, 0.2) is 24.5 Å². The van der Waals surface area contributed by atoms with Crippen LogP contribution in [0.1, 0.15) is 12.0 Å². The Kier molecular flexibility index (Phi) is 8.38. The first-order chi connectivity index (χ1) is 8.83. The Morgan fingerprint density at radius 3 is 2.72 bits per heavy atom. The molecule has 0 fully saturated rings. The second kappa shape index (κ2) is 10.00. The molecule has 4 nitrogen and oxygen atoms in total. The Balaban J connectivity index is 1.99. The molecule has 1 aromatic rings. The van der Waals surface area contributed by atoms with Crippen molar-refractivity contribution in [2.45, 2.75) is 12.8 Å². The molecule has 0 aliphatic heterocycles. The average Bonchev–Trinajstić information content (AvgIpc) is 2.41. The summed E-state index contributed by atoms with van der Waals surface area (Å²) in [6, 6.07) is 4.16. The van der Waals surface area contributed by atoms with Crippen molar-refractivity contribution in [3.63, 3.8) is 0 Å². The molecule has 0 saturated carbocycles. The zero-order valence-corrected chi connectivity index (χ0v) is 11.6. The maximum atomic E-state index is 5.00. The van der Waals surface area contributed by atoms with E-state index in [0.29, 0.717) is 0 Å². The SMILES string of the molecule is COCCCNCCN(C)CCc1ccncc1. The van der Waals surface area contributed by atoms with Gasteiger partial charge in [0.1, 0.15) is 0 Å². The summed E-state index contributed by atoms with van der Waals surface area (Å²) in [5.74, 6) is 0. The quantitative estimate of drug-likeness (QED) is 0.634. The van der Waals surface area contributed by atoms with Gasteiger partial charge in [0.2, 0.25) is 0 Å². The number of ether oxygens (including phenoxy) is 1. The number of rotatable bonds is 10. The first-order valence-corrected chi connectivity index (χ1v) is 6.60. The van der Waals surface area contributed by atoms with Crippen molar-refractivity contribution >= 4 is 0 Å². The van der Waals surface area contributed by atoms with Crippen molar-refractivity contribution in [3.05, 3.63) is 30.1 Å². The van der Waals surface area contributed by atoms with E-state index in [9.17, 15) is 0 Å². The van der Waals surface area contributed by atoms with Crippen molar-refractivity contribution in [3.8, 4) is 0 Å². The van der Waals surface area contributed by atoms with Crippen molar-refractivity contribution in [1.29, 1.82) is 0 Å². The van der Waals surface area contributed by atoms with Crippen LogP contribution in [0.2, 0.25) is 0 Å².